The van der Waals surface area contributed by atoms with Gasteiger partial charge in [-0.2, -0.15) is 0 Å². The maximum Gasteiger partial charge on any atom is 0.0487 e. The fourth-order valence-corrected chi connectivity index (χ4v) is 4.36. The lowest BCUT2D eigenvalue weighted by atomic mass is 9.93. The van der Waals surface area contributed by atoms with Gasteiger partial charge in [0, 0.05) is 8.07 Å². The van der Waals surface area contributed by atoms with Crippen molar-refractivity contribution in [2.45, 2.75) is 52.9 Å². The van der Waals surface area contributed by atoms with Crippen molar-refractivity contribution in [2.75, 3.05) is 0 Å². The lowest BCUT2D eigenvalue weighted by Gasteiger charge is -2.20. The third-order valence-corrected chi connectivity index (χ3v) is 5.21. The largest absolute Gasteiger partial charge is 0.0766 e. The summed E-state index contributed by atoms with van der Waals surface area (Å²) in [6, 6.07) is 3.67. The molecule has 0 aliphatic heterocycles. The number of aryl methyl sites for hydroxylation is 2. The van der Waals surface area contributed by atoms with Gasteiger partial charge in [0.05, 0.1) is 0 Å². The van der Waals surface area contributed by atoms with Crippen molar-refractivity contribution in [3.8, 4) is 0 Å². The predicted octanol–water partition coefficient (Wildman–Crippen LogP) is 4.89. The molecule has 0 amide bonds. The average Bonchev–Trinajstić information content (AvgIpc) is 2.56. The summed E-state index contributed by atoms with van der Waals surface area (Å²) in [5.74, 6) is 0. The second-order valence-corrected chi connectivity index (χ2v) is 12.1. The van der Waals surface area contributed by atoms with Gasteiger partial charge in [-0.05, 0) is 66.6 Å². The van der Waals surface area contributed by atoms with Gasteiger partial charge in [0.25, 0.3) is 0 Å². The first-order chi connectivity index (χ1) is 7.79. The Kier molecular flexibility index (Phi) is 3.07. The van der Waals surface area contributed by atoms with Gasteiger partial charge < -0.3 is 0 Å². The molecule has 2 rings (SSSR count). The molecule has 0 bridgehead atoms. The van der Waals surface area contributed by atoms with E-state index < -0.39 is 8.07 Å². The highest BCUT2D eigenvalue weighted by atomic mass is 28.3. The molecule has 0 spiro atoms. The number of rotatable bonds is 2. The Bertz CT molecular complexity index is 487. The van der Waals surface area contributed by atoms with E-state index in [0.29, 0.717) is 0 Å². The highest BCUT2D eigenvalue weighted by molar-refractivity contribution is 6.77. The average molecular weight is 244 g/mol. The molecule has 0 atom stereocenters. The van der Waals surface area contributed by atoms with E-state index in [2.05, 4.69) is 52.6 Å². The summed E-state index contributed by atoms with van der Waals surface area (Å²) < 4.78 is 0. The van der Waals surface area contributed by atoms with Crippen LogP contribution in [0.25, 0.3) is 5.57 Å². The summed E-state index contributed by atoms with van der Waals surface area (Å²) in [6.45, 7) is 14.2. The lowest BCUT2D eigenvalue weighted by Crippen LogP contribution is -2.19. The van der Waals surface area contributed by atoms with Crippen molar-refractivity contribution in [2.24, 2.45) is 0 Å². The molecular weight excluding hydrogens is 220 g/mol. The minimum atomic E-state index is -1.02. The van der Waals surface area contributed by atoms with E-state index >= 15 is 0 Å². The van der Waals surface area contributed by atoms with E-state index in [1.165, 1.54) is 22.7 Å². The summed E-state index contributed by atoms with van der Waals surface area (Å²) >= 11 is 0. The first-order valence-corrected chi connectivity index (χ1v) is 10.3. The van der Waals surface area contributed by atoms with E-state index in [1.54, 1.807) is 16.7 Å². The fourth-order valence-electron chi connectivity index (χ4n) is 2.90. The Balaban J connectivity index is 2.49. The summed E-state index contributed by atoms with van der Waals surface area (Å²) in [4.78, 5) is 0. The maximum absolute atomic E-state index is 2.47. The number of hydrogen-bond donors (Lipinski definition) is 0. The van der Waals surface area contributed by atoms with Gasteiger partial charge in [0.15, 0.2) is 0 Å². The minimum absolute atomic E-state index is 1.02. The van der Waals surface area contributed by atoms with Crippen molar-refractivity contribution >= 4 is 13.6 Å². The Hall–Kier alpha value is -0.823. The van der Waals surface area contributed by atoms with Crippen LogP contribution in [-0.2, 0) is 6.42 Å². The van der Waals surface area contributed by atoms with Gasteiger partial charge in [-0.1, -0.05) is 31.8 Å². The van der Waals surface area contributed by atoms with E-state index in [0.717, 1.165) is 6.42 Å². The fraction of sp³-hybridized carbons (Fsp3) is 0.500. The number of allylic oxidation sites excluding steroid dienone is 2. The zero-order valence-corrected chi connectivity index (χ0v) is 13.1. The molecule has 1 aromatic rings. The van der Waals surface area contributed by atoms with E-state index in [4.69, 9.17) is 0 Å². The molecule has 0 unspecified atom stereocenters. The molecule has 0 aromatic heterocycles. The van der Waals surface area contributed by atoms with Crippen LogP contribution in [0.4, 0.5) is 0 Å². The van der Waals surface area contributed by atoms with Crippen LogP contribution in [0, 0.1) is 20.8 Å². The standard InChI is InChI=1S/C16H24Si/c1-11-9-12(2)15-8-7-14(10-17(4,5)6)16(15)13(11)3/h7,9H,8,10H2,1-6H3. The van der Waals surface area contributed by atoms with Gasteiger partial charge in [-0.15, -0.1) is 0 Å². The van der Waals surface area contributed by atoms with Gasteiger partial charge in [-0.25, -0.2) is 0 Å². The molecule has 1 heteroatoms. The molecule has 0 radical (unpaired) electrons. The molecule has 0 saturated carbocycles. The predicted molar refractivity (Wildman–Crippen MR) is 80.5 cm³/mol. The third kappa shape index (κ3) is 2.39. The Morgan fingerprint density at radius 3 is 2.29 bits per heavy atom. The number of fused-ring (bicyclic) bond motifs is 1. The molecule has 0 N–H and O–H groups in total. The van der Waals surface area contributed by atoms with Crippen molar-refractivity contribution in [3.63, 3.8) is 0 Å². The van der Waals surface area contributed by atoms with Crippen LogP contribution >= 0.6 is 0 Å². The third-order valence-electron chi connectivity index (χ3n) is 3.77. The molecule has 0 fully saturated rings. The number of benzene rings is 1. The highest BCUT2D eigenvalue weighted by Gasteiger charge is 2.24. The van der Waals surface area contributed by atoms with Crippen molar-refractivity contribution in [3.05, 3.63) is 40.0 Å². The minimum Gasteiger partial charge on any atom is -0.0766 e. The Labute approximate surface area is 107 Å². The monoisotopic (exact) mass is 244 g/mol. The smallest absolute Gasteiger partial charge is 0.0487 e. The molecule has 0 nitrogen and oxygen atoms in total. The van der Waals surface area contributed by atoms with Crippen LogP contribution in [-0.4, -0.2) is 8.07 Å². The Morgan fingerprint density at radius 2 is 1.71 bits per heavy atom. The topological polar surface area (TPSA) is 0 Å². The second kappa shape index (κ2) is 4.13. The van der Waals surface area contributed by atoms with Gasteiger partial charge >= 0.3 is 0 Å². The van der Waals surface area contributed by atoms with Crippen molar-refractivity contribution in [1.29, 1.82) is 0 Å². The summed E-state index contributed by atoms with van der Waals surface area (Å²) in [5, 5.41) is 0. The van der Waals surface area contributed by atoms with E-state index in [9.17, 15) is 0 Å². The molecule has 1 aliphatic carbocycles. The van der Waals surface area contributed by atoms with Gasteiger partial charge in [0.1, 0.15) is 0 Å². The van der Waals surface area contributed by atoms with Crippen LogP contribution < -0.4 is 0 Å². The molecule has 92 valence electrons. The summed E-state index contributed by atoms with van der Waals surface area (Å²) in [7, 11) is -1.02. The molecule has 1 aliphatic rings. The normalized spacial score (nSPS) is 14.8. The van der Waals surface area contributed by atoms with Crippen LogP contribution in [0.1, 0.15) is 27.8 Å². The molecule has 0 saturated heterocycles. The van der Waals surface area contributed by atoms with Gasteiger partial charge in [0.2, 0.25) is 0 Å². The van der Waals surface area contributed by atoms with E-state index in [1.807, 2.05) is 0 Å². The SMILES string of the molecule is Cc1cc(C)c2c(c1C)C(C[Si](C)(C)C)=CC2. The zero-order chi connectivity index (χ0) is 12.8. The highest BCUT2D eigenvalue weighted by Crippen LogP contribution is 2.38. The zero-order valence-electron chi connectivity index (χ0n) is 12.1. The molecule has 17 heavy (non-hydrogen) atoms. The first kappa shape index (κ1) is 12.6. The summed E-state index contributed by atoms with van der Waals surface area (Å²) in [6.07, 6.45) is 3.63. The van der Waals surface area contributed by atoms with Crippen LogP contribution in [0.15, 0.2) is 12.1 Å². The van der Waals surface area contributed by atoms with Crippen molar-refractivity contribution in [1.82, 2.24) is 0 Å². The molecule has 1 aromatic carbocycles. The quantitative estimate of drug-likeness (QED) is 0.650. The van der Waals surface area contributed by atoms with Crippen LogP contribution in [0.3, 0.4) is 0 Å². The van der Waals surface area contributed by atoms with E-state index in [-0.39, 0.29) is 0 Å². The van der Waals surface area contributed by atoms with Crippen LogP contribution in [0.5, 0.6) is 0 Å². The first-order valence-electron chi connectivity index (χ1n) is 6.58. The molecular formula is C16H24Si. The van der Waals surface area contributed by atoms with Crippen LogP contribution in [0.2, 0.25) is 25.7 Å². The second-order valence-electron chi connectivity index (χ2n) is 6.66. The maximum atomic E-state index is 2.47. The Morgan fingerprint density at radius 1 is 1.06 bits per heavy atom. The number of hydrogen-bond acceptors (Lipinski definition) is 0. The summed E-state index contributed by atoms with van der Waals surface area (Å²) in [5.41, 5.74) is 9.23. The van der Waals surface area contributed by atoms with Gasteiger partial charge in [-0.3, -0.25) is 0 Å². The molecule has 0 heterocycles. The lowest BCUT2D eigenvalue weighted by molar-refractivity contribution is 1.19. The van der Waals surface area contributed by atoms with Crippen molar-refractivity contribution < 1.29 is 0 Å².